The number of H-pyrrole nitrogens is 1. The maximum Gasteiger partial charge on any atom is 0.278 e. The van der Waals surface area contributed by atoms with Crippen molar-refractivity contribution >= 4 is 35.0 Å². The number of rotatable bonds is 6. The van der Waals surface area contributed by atoms with E-state index >= 15 is 0 Å². The first-order valence-electron chi connectivity index (χ1n) is 8.45. The number of nitrogens with one attached hydrogen (secondary N) is 3. The molecule has 0 atom stereocenters. The van der Waals surface area contributed by atoms with E-state index in [1.807, 2.05) is 0 Å². The molecule has 1 aromatic heterocycles. The van der Waals surface area contributed by atoms with Crippen molar-refractivity contribution in [2.45, 2.75) is 12.1 Å². The molecule has 1 heterocycles. The fourth-order valence-corrected chi connectivity index (χ4v) is 3.04. The van der Waals surface area contributed by atoms with E-state index in [4.69, 9.17) is 0 Å². The molecule has 3 rings (SSSR count). The fraction of sp³-hybridized carbons (Fsp3) is 0.105. The van der Waals surface area contributed by atoms with E-state index in [0.717, 1.165) is 11.8 Å². The number of aromatic nitrogens is 3. The second-order valence-corrected chi connectivity index (χ2v) is 6.82. The van der Waals surface area contributed by atoms with Gasteiger partial charge in [-0.1, -0.05) is 42.1 Å². The topological polar surface area (TPSA) is 117 Å². The van der Waals surface area contributed by atoms with Crippen LogP contribution in [0.2, 0.25) is 0 Å². The number of anilines is 2. The zero-order chi connectivity index (χ0) is 20.8. The van der Waals surface area contributed by atoms with Crippen molar-refractivity contribution in [3.05, 3.63) is 64.7 Å². The van der Waals surface area contributed by atoms with Gasteiger partial charge in [0, 0.05) is 12.5 Å². The molecule has 148 valence electrons. The van der Waals surface area contributed by atoms with Gasteiger partial charge in [0.1, 0.15) is 5.82 Å². The van der Waals surface area contributed by atoms with E-state index in [0.29, 0.717) is 11.3 Å². The Morgan fingerprint density at radius 2 is 1.72 bits per heavy atom. The molecule has 0 aliphatic rings. The molecule has 0 unspecified atom stereocenters. The molecule has 3 aromatic rings. The quantitative estimate of drug-likeness (QED) is 0.535. The first kappa shape index (κ1) is 20.2. The van der Waals surface area contributed by atoms with Crippen LogP contribution in [-0.4, -0.2) is 32.7 Å². The Kier molecular flexibility index (Phi) is 6.35. The van der Waals surface area contributed by atoms with E-state index in [1.165, 1.54) is 25.1 Å². The van der Waals surface area contributed by atoms with Crippen molar-refractivity contribution in [3.8, 4) is 11.3 Å². The van der Waals surface area contributed by atoms with Gasteiger partial charge in [-0.25, -0.2) is 4.39 Å². The molecular weight excluding hydrogens is 397 g/mol. The molecular formula is C19H16FN5O3S. The minimum Gasteiger partial charge on any atom is -0.326 e. The summed E-state index contributed by atoms with van der Waals surface area (Å²) in [5.41, 5.74) is 0.446. The van der Waals surface area contributed by atoms with Gasteiger partial charge in [0.15, 0.2) is 10.9 Å². The summed E-state index contributed by atoms with van der Waals surface area (Å²) in [6, 6.07) is 12.5. The number of thioether (sulfide) groups is 1. The summed E-state index contributed by atoms with van der Waals surface area (Å²) in [5, 5.41) is 13.1. The zero-order valence-corrected chi connectivity index (χ0v) is 16.0. The van der Waals surface area contributed by atoms with Crippen molar-refractivity contribution in [3.63, 3.8) is 0 Å². The van der Waals surface area contributed by atoms with Crippen molar-refractivity contribution in [1.29, 1.82) is 0 Å². The number of nitrogens with zero attached hydrogens (tertiary/aromatic N) is 2. The predicted octanol–water partition coefficient (Wildman–Crippen LogP) is 2.66. The van der Waals surface area contributed by atoms with Gasteiger partial charge in [-0.15, -0.1) is 10.2 Å². The third-order valence-corrected chi connectivity index (χ3v) is 4.52. The molecule has 0 aliphatic heterocycles. The van der Waals surface area contributed by atoms with Crippen LogP contribution in [0.4, 0.5) is 15.8 Å². The van der Waals surface area contributed by atoms with Crippen LogP contribution in [-0.2, 0) is 9.59 Å². The zero-order valence-electron chi connectivity index (χ0n) is 15.2. The Morgan fingerprint density at radius 3 is 2.41 bits per heavy atom. The Balaban J connectivity index is 1.71. The van der Waals surface area contributed by atoms with Crippen LogP contribution in [0.15, 0.2) is 58.5 Å². The normalized spacial score (nSPS) is 10.4. The number of halogens is 1. The first-order valence-corrected chi connectivity index (χ1v) is 9.44. The molecule has 0 aliphatic carbocycles. The van der Waals surface area contributed by atoms with Crippen LogP contribution in [0.3, 0.4) is 0 Å². The lowest BCUT2D eigenvalue weighted by molar-refractivity contribution is -0.114. The van der Waals surface area contributed by atoms with Crippen molar-refractivity contribution in [1.82, 2.24) is 15.2 Å². The van der Waals surface area contributed by atoms with Crippen LogP contribution < -0.4 is 16.2 Å². The number of amides is 2. The Morgan fingerprint density at radius 1 is 1.03 bits per heavy atom. The van der Waals surface area contributed by atoms with Crippen LogP contribution >= 0.6 is 11.8 Å². The van der Waals surface area contributed by atoms with Crippen LogP contribution in [0.5, 0.6) is 0 Å². The highest BCUT2D eigenvalue weighted by Crippen LogP contribution is 2.24. The Bertz CT molecular complexity index is 1120. The largest absolute Gasteiger partial charge is 0.326 e. The van der Waals surface area contributed by atoms with Gasteiger partial charge in [0.2, 0.25) is 11.8 Å². The number of hydrogen-bond acceptors (Lipinski definition) is 6. The molecule has 0 saturated heterocycles. The first-order chi connectivity index (χ1) is 13.9. The highest BCUT2D eigenvalue weighted by molar-refractivity contribution is 7.99. The summed E-state index contributed by atoms with van der Waals surface area (Å²) in [5.74, 6) is -1.38. The minimum atomic E-state index is -0.541. The molecule has 0 radical (unpaired) electrons. The molecule has 8 nitrogen and oxygen atoms in total. The van der Waals surface area contributed by atoms with Crippen molar-refractivity contribution in [2.75, 3.05) is 16.4 Å². The van der Waals surface area contributed by atoms with Gasteiger partial charge >= 0.3 is 0 Å². The molecule has 0 bridgehead atoms. The summed E-state index contributed by atoms with van der Waals surface area (Å²) in [7, 11) is 0. The fourth-order valence-electron chi connectivity index (χ4n) is 2.43. The smallest absolute Gasteiger partial charge is 0.278 e. The maximum absolute atomic E-state index is 13.6. The molecule has 2 amide bonds. The van der Waals surface area contributed by atoms with Gasteiger partial charge < -0.3 is 10.6 Å². The lowest BCUT2D eigenvalue weighted by atomic mass is 10.1. The SMILES string of the molecule is CC(=O)Nc1ccccc1-c1nnc(SCC(=O)Nc2ccccc2F)[nH]c1=O. The molecule has 2 aromatic carbocycles. The van der Waals surface area contributed by atoms with Crippen molar-refractivity contribution < 1.29 is 14.0 Å². The number of para-hydroxylation sites is 2. The third kappa shape index (κ3) is 5.26. The van der Waals surface area contributed by atoms with Crippen molar-refractivity contribution in [2.24, 2.45) is 0 Å². The molecule has 0 spiro atoms. The lowest BCUT2D eigenvalue weighted by Gasteiger charge is -2.08. The Hall–Kier alpha value is -3.53. The van der Waals surface area contributed by atoms with Gasteiger partial charge in [0.25, 0.3) is 5.56 Å². The summed E-state index contributed by atoms with van der Waals surface area (Å²) >= 11 is 0.953. The molecule has 3 N–H and O–H groups in total. The Labute approximate surface area is 169 Å². The molecule has 0 saturated carbocycles. The van der Waals surface area contributed by atoms with Gasteiger partial charge in [0.05, 0.1) is 17.1 Å². The van der Waals surface area contributed by atoms with Gasteiger partial charge in [-0.2, -0.15) is 0 Å². The average molecular weight is 413 g/mol. The molecule has 0 fully saturated rings. The van der Waals surface area contributed by atoms with Gasteiger partial charge in [-0.3, -0.25) is 19.4 Å². The predicted molar refractivity (Wildman–Crippen MR) is 108 cm³/mol. The third-order valence-electron chi connectivity index (χ3n) is 3.66. The van der Waals surface area contributed by atoms with E-state index in [-0.39, 0.29) is 28.2 Å². The highest BCUT2D eigenvalue weighted by Gasteiger charge is 2.14. The number of benzene rings is 2. The molecule has 10 heteroatoms. The number of hydrogen-bond donors (Lipinski definition) is 3. The number of carbonyl (C=O) groups is 2. The van der Waals surface area contributed by atoms with E-state index in [1.54, 1.807) is 30.3 Å². The molecule has 29 heavy (non-hydrogen) atoms. The lowest BCUT2D eigenvalue weighted by Crippen LogP contribution is -2.18. The second kappa shape index (κ2) is 9.11. The summed E-state index contributed by atoms with van der Waals surface area (Å²) in [6.07, 6.45) is 0. The van der Waals surface area contributed by atoms with Crippen LogP contribution in [0.1, 0.15) is 6.92 Å². The maximum atomic E-state index is 13.6. The van der Waals surface area contributed by atoms with Crippen LogP contribution in [0, 0.1) is 5.82 Å². The second-order valence-electron chi connectivity index (χ2n) is 5.85. The summed E-state index contributed by atoms with van der Waals surface area (Å²) in [6.45, 7) is 1.36. The average Bonchev–Trinajstić information content (AvgIpc) is 2.68. The monoisotopic (exact) mass is 413 g/mol. The number of aromatic amines is 1. The minimum absolute atomic E-state index is 0.0366. The van der Waals surface area contributed by atoms with E-state index in [2.05, 4.69) is 25.8 Å². The summed E-state index contributed by atoms with van der Waals surface area (Å²) in [4.78, 5) is 38.3. The standard InChI is InChI=1S/C19H16FN5O3S/c1-11(26)21-14-8-4-2-6-12(14)17-18(28)23-19(25-24-17)29-10-16(27)22-15-9-5-3-7-13(15)20/h2-9H,10H2,1H3,(H,21,26)(H,22,27)(H,23,25,28). The van der Waals surface area contributed by atoms with E-state index < -0.39 is 17.3 Å². The number of carbonyl (C=O) groups excluding carboxylic acids is 2. The van der Waals surface area contributed by atoms with E-state index in [9.17, 15) is 18.8 Å². The summed E-state index contributed by atoms with van der Waals surface area (Å²) < 4.78 is 13.6. The highest BCUT2D eigenvalue weighted by atomic mass is 32.2. The van der Waals surface area contributed by atoms with Crippen LogP contribution in [0.25, 0.3) is 11.3 Å². The van der Waals surface area contributed by atoms with Gasteiger partial charge in [-0.05, 0) is 18.2 Å².